The third kappa shape index (κ3) is 5.44. The lowest BCUT2D eigenvalue weighted by molar-refractivity contribution is -0.420. The zero-order valence-electron chi connectivity index (χ0n) is 25.8. The lowest BCUT2D eigenvalue weighted by Crippen LogP contribution is -2.71. The van der Waals surface area contributed by atoms with E-state index in [2.05, 4.69) is 29.3 Å². The molecule has 3 aliphatic rings. The molecule has 3 aromatic carbocycles. The molecule has 44 heavy (non-hydrogen) atoms. The second-order valence-electron chi connectivity index (χ2n) is 12.7. The van der Waals surface area contributed by atoms with Gasteiger partial charge in [-0.05, 0) is 61.9 Å². The van der Waals surface area contributed by atoms with E-state index in [0.29, 0.717) is 43.0 Å². The van der Waals surface area contributed by atoms with E-state index >= 15 is 4.79 Å². The Morgan fingerprint density at radius 2 is 1.73 bits per heavy atom. The molecule has 1 spiro atoms. The Balaban J connectivity index is 1.49. The van der Waals surface area contributed by atoms with Crippen LogP contribution >= 0.6 is 0 Å². The summed E-state index contributed by atoms with van der Waals surface area (Å²) >= 11 is 0. The number of carbonyl (C=O) groups excluding carboxylic acids is 1. The van der Waals surface area contributed by atoms with Crippen molar-refractivity contribution in [2.75, 3.05) is 25.9 Å². The minimum Gasteiger partial charge on any atom is -0.398 e. The first-order chi connectivity index (χ1) is 21.2. The number of amidine groups is 1. The number of fused-ring (bicyclic) bond motifs is 2. The van der Waals surface area contributed by atoms with E-state index < -0.39 is 11.3 Å². The van der Waals surface area contributed by atoms with Crippen molar-refractivity contribution in [1.82, 2.24) is 9.80 Å². The maximum Gasteiger partial charge on any atom is 0.321 e. The lowest BCUT2D eigenvalue weighted by Gasteiger charge is -2.38. The number of nitrogen functional groups attached to an aromatic ring is 2. The fourth-order valence-electron chi connectivity index (χ4n) is 7.30. The third-order valence-corrected chi connectivity index (χ3v) is 9.41. The van der Waals surface area contributed by atoms with E-state index in [1.807, 2.05) is 78.2 Å². The van der Waals surface area contributed by atoms with Crippen molar-refractivity contribution in [1.29, 1.82) is 0 Å². The van der Waals surface area contributed by atoms with Crippen LogP contribution in [0.25, 0.3) is 0 Å². The van der Waals surface area contributed by atoms with Gasteiger partial charge in [0.25, 0.3) is 5.84 Å². The fraction of sp³-hybridized carbons (Fsp3) is 0.429. The molecule has 9 nitrogen and oxygen atoms in total. The van der Waals surface area contributed by atoms with Gasteiger partial charge in [0, 0.05) is 31.3 Å². The number of anilines is 1. The number of rotatable bonds is 9. The quantitative estimate of drug-likeness (QED) is 0.170. The summed E-state index contributed by atoms with van der Waals surface area (Å²) in [6.07, 6.45) is 1.08. The first-order valence-electron chi connectivity index (χ1n) is 15.5. The van der Waals surface area contributed by atoms with Crippen molar-refractivity contribution in [3.8, 4) is 0 Å². The van der Waals surface area contributed by atoms with E-state index in [4.69, 9.17) is 20.9 Å². The van der Waals surface area contributed by atoms with E-state index in [9.17, 15) is 5.11 Å². The van der Waals surface area contributed by atoms with Crippen LogP contribution in [-0.4, -0.2) is 76.5 Å². The van der Waals surface area contributed by atoms with Crippen molar-refractivity contribution in [2.45, 2.75) is 75.1 Å². The summed E-state index contributed by atoms with van der Waals surface area (Å²) in [7, 11) is 1.76. The van der Waals surface area contributed by atoms with Gasteiger partial charge in [-0.2, -0.15) is 0 Å². The molecule has 2 heterocycles. The summed E-state index contributed by atoms with van der Waals surface area (Å²) in [5.74, 6) is -0.281. The highest BCUT2D eigenvalue weighted by Crippen LogP contribution is 2.63. The van der Waals surface area contributed by atoms with Crippen LogP contribution in [0.15, 0.2) is 78.9 Å². The number of aliphatic hydroxyl groups is 1. The predicted octanol–water partition coefficient (Wildman–Crippen LogP) is 2.36. The van der Waals surface area contributed by atoms with Gasteiger partial charge in [0.1, 0.15) is 12.2 Å². The normalized spacial score (nSPS) is 27.8. The Kier molecular flexibility index (Phi) is 8.13. The molecule has 1 aliphatic carbocycles. The average Bonchev–Trinajstić information content (AvgIpc) is 3.70. The molecule has 1 saturated carbocycles. The van der Waals surface area contributed by atoms with Crippen LogP contribution in [0.4, 0.5) is 10.5 Å². The van der Waals surface area contributed by atoms with Gasteiger partial charge in [0.2, 0.25) is 0 Å². The highest BCUT2D eigenvalue weighted by molar-refractivity contribution is 5.98. The molecule has 6 rings (SSSR count). The summed E-state index contributed by atoms with van der Waals surface area (Å²) in [5, 5.41) is 9.94. The zero-order chi connectivity index (χ0) is 31.1. The van der Waals surface area contributed by atoms with Gasteiger partial charge >= 0.3 is 6.03 Å². The molecular formula is C35H44N5O4+. The standard InChI is InChI=1S/C35H43N5O4/c1-34(2)43-30-29(20-23-11-6-4-7-12-23)39(22-24-15-16-28(36)26(19-24)32(37)38-3)33(42)40(17-10-18-41)35(31(30)44-34)21-27(35)25-13-8-5-9-14-25/h4-9,11-16,19,27,29-31,41H,10,17-18,20-22,36H2,1-3H3,(H2,37,38)/p+1/t27?,29-,30+,31-,35?/m1/s1. The Bertz CT molecular complexity index is 1510. The van der Waals surface area contributed by atoms with Crippen LogP contribution in [0.5, 0.6) is 0 Å². The molecule has 6 N–H and O–H groups in total. The number of ether oxygens (including phenoxy) is 2. The smallest absolute Gasteiger partial charge is 0.321 e. The van der Waals surface area contributed by atoms with Crippen LogP contribution in [0.3, 0.4) is 0 Å². The lowest BCUT2D eigenvalue weighted by atomic mass is 9.90. The first-order valence-corrected chi connectivity index (χ1v) is 15.5. The monoisotopic (exact) mass is 598 g/mol. The molecule has 0 bridgehead atoms. The minimum atomic E-state index is -0.833. The van der Waals surface area contributed by atoms with Gasteiger partial charge in [-0.3, -0.25) is 10.7 Å². The van der Waals surface area contributed by atoms with E-state index in [0.717, 1.165) is 17.5 Å². The van der Waals surface area contributed by atoms with Crippen molar-refractivity contribution in [2.24, 2.45) is 5.73 Å². The van der Waals surface area contributed by atoms with Gasteiger partial charge in [0.05, 0.1) is 24.2 Å². The van der Waals surface area contributed by atoms with Crippen LogP contribution in [-0.2, 0) is 22.4 Å². The summed E-state index contributed by atoms with van der Waals surface area (Å²) in [5.41, 5.74) is 16.4. The number of aliphatic hydroxyl groups excluding tert-OH is 1. The molecule has 2 aliphatic heterocycles. The average molecular weight is 599 g/mol. The fourth-order valence-corrected chi connectivity index (χ4v) is 7.30. The van der Waals surface area contributed by atoms with Gasteiger partial charge in [-0.25, -0.2) is 4.79 Å². The summed E-state index contributed by atoms with van der Waals surface area (Å²) < 4.78 is 13.6. The number of nitrogens with zero attached hydrogens (tertiary/aromatic N) is 2. The molecule has 0 radical (unpaired) electrons. The number of nitrogens with two attached hydrogens (primary N) is 2. The van der Waals surface area contributed by atoms with Crippen molar-refractivity contribution >= 4 is 17.6 Å². The molecule has 5 atom stereocenters. The molecule has 0 aromatic heterocycles. The number of benzene rings is 3. The number of hydrogen-bond donors (Lipinski definition) is 4. The first kappa shape index (κ1) is 30.1. The Labute approximate surface area is 259 Å². The Hall–Kier alpha value is -3.92. The Morgan fingerprint density at radius 1 is 1.02 bits per heavy atom. The summed E-state index contributed by atoms with van der Waals surface area (Å²) in [6.45, 7) is 4.65. The van der Waals surface area contributed by atoms with Gasteiger partial charge in [-0.15, -0.1) is 0 Å². The van der Waals surface area contributed by atoms with Crippen molar-refractivity contribution in [3.63, 3.8) is 0 Å². The van der Waals surface area contributed by atoms with Gasteiger partial charge < -0.3 is 30.1 Å². The van der Waals surface area contributed by atoms with Gasteiger partial charge in [0.15, 0.2) is 5.79 Å². The number of urea groups is 1. The molecule has 3 aromatic rings. The second kappa shape index (κ2) is 11.9. The molecule has 9 heteroatoms. The molecule has 3 fully saturated rings. The SMILES string of the molecule is C[NH+]=C(N)c1cc(CN2C(=O)N(CCCO)C3(CC3c3ccccc3)[C@@H]3OC(C)(C)O[C@H]3[C@H]2Cc2ccccc2)ccc1N. The highest BCUT2D eigenvalue weighted by Gasteiger charge is 2.72. The number of hydrogen-bond acceptors (Lipinski definition) is 5. The van der Waals surface area contributed by atoms with Crippen LogP contribution in [0.1, 0.15) is 54.9 Å². The number of carbonyl (C=O) groups is 1. The number of nitrogens with one attached hydrogen (secondary N) is 1. The predicted molar refractivity (Wildman–Crippen MR) is 170 cm³/mol. The second-order valence-corrected chi connectivity index (χ2v) is 12.7. The van der Waals surface area contributed by atoms with E-state index in [-0.39, 0.29) is 36.8 Å². The maximum absolute atomic E-state index is 15.0. The van der Waals surface area contributed by atoms with Crippen LogP contribution < -0.4 is 16.5 Å². The molecule has 2 unspecified atom stereocenters. The highest BCUT2D eigenvalue weighted by atomic mass is 16.8. The van der Waals surface area contributed by atoms with Gasteiger partial charge in [-0.1, -0.05) is 66.7 Å². The summed E-state index contributed by atoms with van der Waals surface area (Å²) in [6, 6.07) is 25.9. The minimum absolute atomic E-state index is 0.0132. The molecular weight excluding hydrogens is 554 g/mol. The number of amides is 2. The van der Waals surface area contributed by atoms with E-state index in [1.54, 1.807) is 7.05 Å². The van der Waals surface area contributed by atoms with Crippen LogP contribution in [0, 0.1) is 0 Å². The molecule has 2 saturated heterocycles. The zero-order valence-corrected chi connectivity index (χ0v) is 25.8. The third-order valence-electron chi connectivity index (χ3n) is 9.41. The summed E-state index contributed by atoms with van der Waals surface area (Å²) in [4.78, 5) is 21.9. The molecule has 2 amide bonds. The topological polar surface area (TPSA) is 128 Å². The maximum atomic E-state index is 15.0. The molecule has 232 valence electrons. The van der Waals surface area contributed by atoms with Crippen molar-refractivity contribution in [3.05, 3.63) is 101 Å². The van der Waals surface area contributed by atoms with Crippen molar-refractivity contribution < 1.29 is 24.4 Å². The largest absolute Gasteiger partial charge is 0.398 e. The Morgan fingerprint density at radius 3 is 2.41 bits per heavy atom. The van der Waals surface area contributed by atoms with Crippen LogP contribution in [0.2, 0.25) is 0 Å². The van der Waals surface area contributed by atoms with E-state index in [1.165, 1.54) is 5.56 Å².